The van der Waals surface area contributed by atoms with Crippen LogP contribution >= 0.6 is 23.2 Å². The second-order valence-corrected chi connectivity index (χ2v) is 6.22. The highest BCUT2D eigenvalue weighted by Crippen LogP contribution is 2.37. The van der Waals surface area contributed by atoms with Gasteiger partial charge in [0.1, 0.15) is 22.8 Å². The van der Waals surface area contributed by atoms with Crippen LogP contribution < -0.4 is 0 Å². The number of esters is 1. The van der Waals surface area contributed by atoms with Gasteiger partial charge in [0.25, 0.3) is 0 Å². The largest absolute Gasteiger partial charge is 0.507 e. The van der Waals surface area contributed by atoms with Crippen LogP contribution in [0.2, 0.25) is 5.02 Å². The maximum atomic E-state index is 12.2. The first-order chi connectivity index (χ1) is 11.3. The molecule has 0 amide bonds. The van der Waals surface area contributed by atoms with Crippen molar-refractivity contribution < 1.29 is 24.5 Å². The molecule has 132 valence electrons. The van der Waals surface area contributed by atoms with Crippen molar-refractivity contribution in [1.29, 1.82) is 0 Å². The lowest BCUT2D eigenvalue weighted by atomic mass is 9.98. The van der Waals surface area contributed by atoms with Crippen molar-refractivity contribution in [3.05, 3.63) is 34.9 Å². The monoisotopic (exact) mass is 374 g/mol. The van der Waals surface area contributed by atoms with E-state index in [1.807, 2.05) is 6.92 Å². The number of benzene rings is 1. The molecule has 0 fully saturated rings. The fourth-order valence-electron chi connectivity index (χ4n) is 2.05. The van der Waals surface area contributed by atoms with E-state index in [9.17, 15) is 19.8 Å². The van der Waals surface area contributed by atoms with Gasteiger partial charge in [-0.05, 0) is 12.8 Å². The van der Waals surface area contributed by atoms with E-state index in [4.69, 9.17) is 27.9 Å². The zero-order valence-corrected chi connectivity index (χ0v) is 14.9. The Balaban J connectivity index is 3.13. The van der Waals surface area contributed by atoms with Crippen LogP contribution in [0.4, 0.5) is 0 Å². The number of aromatic hydroxyl groups is 2. The van der Waals surface area contributed by atoms with Gasteiger partial charge in [0, 0.05) is 29.8 Å². The molecule has 1 aromatic carbocycles. The van der Waals surface area contributed by atoms with E-state index < -0.39 is 17.5 Å². The predicted molar refractivity (Wildman–Crippen MR) is 93.1 cm³/mol. The average molecular weight is 375 g/mol. The minimum absolute atomic E-state index is 0.0303. The third-order valence-corrected chi connectivity index (χ3v) is 4.23. The van der Waals surface area contributed by atoms with Gasteiger partial charge in [-0.2, -0.15) is 0 Å². The predicted octanol–water partition coefficient (Wildman–Crippen LogP) is 4.00. The van der Waals surface area contributed by atoms with Crippen molar-refractivity contribution in [2.45, 2.75) is 38.0 Å². The summed E-state index contributed by atoms with van der Waals surface area (Å²) in [6.45, 7) is 5.44. The van der Waals surface area contributed by atoms with Crippen molar-refractivity contribution in [2.24, 2.45) is 0 Å². The zero-order valence-electron chi connectivity index (χ0n) is 13.3. The van der Waals surface area contributed by atoms with Crippen LogP contribution in [0.1, 0.15) is 42.1 Å². The van der Waals surface area contributed by atoms with Crippen molar-refractivity contribution >= 4 is 35.0 Å². The Kier molecular flexibility index (Phi) is 8.08. The molecule has 5 nitrogen and oxygen atoms in total. The Morgan fingerprint density at radius 2 is 2.04 bits per heavy atom. The van der Waals surface area contributed by atoms with E-state index in [0.717, 1.165) is 6.07 Å². The lowest BCUT2D eigenvalue weighted by molar-refractivity contribution is -0.118. The van der Waals surface area contributed by atoms with Gasteiger partial charge >= 0.3 is 5.97 Å². The summed E-state index contributed by atoms with van der Waals surface area (Å²) in [5.74, 6) is -2.00. The molecule has 1 atom stereocenters. The standard InChI is InChI=1S/C17H20Cl2O5/c1-3-5-6-24-17(23)15-12(8-11(20)7-10(18)4-2)16(19)14(22)9-13(15)21/h3,9-10,21-22H,1,4-8H2,2H3. The first kappa shape index (κ1) is 20.3. The number of halogens is 2. The number of alkyl halides is 1. The molecule has 0 aromatic heterocycles. The number of hydrogen-bond donors (Lipinski definition) is 2. The fourth-order valence-corrected chi connectivity index (χ4v) is 2.43. The normalized spacial score (nSPS) is 11.8. The summed E-state index contributed by atoms with van der Waals surface area (Å²) in [5, 5.41) is 19.2. The number of carbonyl (C=O) groups is 2. The number of phenolic OH excluding ortho intramolecular Hbond substituents is 2. The molecule has 24 heavy (non-hydrogen) atoms. The molecule has 1 rings (SSSR count). The molecule has 0 spiro atoms. The lowest BCUT2D eigenvalue weighted by Gasteiger charge is -2.14. The summed E-state index contributed by atoms with van der Waals surface area (Å²) in [7, 11) is 0. The van der Waals surface area contributed by atoms with Crippen molar-refractivity contribution in [3.63, 3.8) is 0 Å². The number of ketones is 1. The number of carbonyl (C=O) groups excluding carboxylic acids is 2. The molecule has 0 aliphatic carbocycles. The quantitative estimate of drug-likeness (QED) is 0.295. The lowest BCUT2D eigenvalue weighted by Crippen LogP contribution is -2.15. The van der Waals surface area contributed by atoms with Crippen molar-refractivity contribution in [1.82, 2.24) is 0 Å². The van der Waals surface area contributed by atoms with Crippen LogP contribution in [-0.4, -0.2) is 33.9 Å². The van der Waals surface area contributed by atoms with Gasteiger partial charge in [-0.1, -0.05) is 24.6 Å². The number of hydrogen-bond acceptors (Lipinski definition) is 5. The molecule has 0 aliphatic rings. The summed E-state index contributed by atoms with van der Waals surface area (Å²) in [5.41, 5.74) is -0.194. The number of Topliss-reactive ketones (excluding diaryl/α,β-unsaturated/α-hetero) is 1. The highest BCUT2D eigenvalue weighted by molar-refractivity contribution is 6.33. The van der Waals surface area contributed by atoms with E-state index in [2.05, 4.69) is 6.58 Å². The van der Waals surface area contributed by atoms with E-state index in [0.29, 0.717) is 12.8 Å². The molecule has 0 saturated heterocycles. The van der Waals surface area contributed by atoms with Crippen LogP contribution in [0.25, 0.3) is 0 Å². The van der Waals surface area contributed by atoms with Crippen LogP contribution in [-0.2, 0) is 16.0 Å². The van der Waals surface area contributed by atoms with E-state index in [1.54, 1.807) is 6.08 Å². The molecular formula is C17H20Cl2O5. The van der Waals surface area contributed by atoms with Crippen molar-refractivity contribution in [3.8, 4) is 11.5 Å². The molecule has 1 aromatic rings. The van der Waals surface area contributed by atoms with E-state index in [1.165, 1.54) is 0 Å². The second kappa shape index (κ2) is 9.55. The summed E-state index contributed by atoms with van der Waals surface area (Å²) >= 11 is 12.0. The third-order valence-electron chi connectivity index (χ3n) is 3.35. The van der Waals surface area contributed by atoms with Crippen LogP contribution in [0, 0.1) is 0 Å². The van der Waals surface area contributed by atoms with E-state index in [-0.39, 0.29) is 46.8 Å². The van der Waals surface area contributed by atoms with Gasteiger partial charge in [0.05, 0.1) is 11.6 Å². The van der Waals surface area contributed by atoms with Crippen LogP contribution in [0.3, 0.4) is 0 Å². The fraction of sp³-hybridized carbons (Fsp3) is 0.412. The van der Waals surface area contributed by atoms with Crippen molar-refractivity contribution in [2.75, 3.05) is 6.61 Å². The Bertz CT molecular complexity index is 628. The molecule has 0 saturated carbocycles. The minimum Gasteiger partial charge on any atom is -0.507 e. The Morgan fingerprint density at radius 3 is 2.62 bits per heavy atom. The summed E-state index contributed by atoms with van der Waals surface area (Å²) < 4.78 is 5.02. The third kappa shape index (κ3) is 5.42. The van der Waals surface area contributed by atoms with Gasteiger partial charge in [-0.15, -0.1) is 18.2 Å². The molecule has 2 N–H and O–H groups in total. The van der Waals surface area contributed by atoms with Gasteiger partial charge in [0.2, 0.25) is 0 Å². The Hall–Kier alpha value is -1.72. The number of phenols is 2. The molecule has 0 bridgehead atoms. The highest BCUT2D eigenvalue weighted by atomic mass is 35.5. The Labute approximate surface area is 150 Å². The minimum atomic E-state index is -0.822. The molecular weight excluding hydrogens is 355 g/mol. The molecule has 0 heterocycles. The molecule has 0 aliphatic heterocycles. The van der Waals surface area contributed by atoms with Gasteiger partial charge < -0.3 is 14.9 Å². The maximum Gasteiger partial charge on any atom is 0.342 e. The Morgan fingerprint density at radius 1 is 1.38 bits per heavy atom. The number of rotatable bonds is 9. The van der Waals surface area contributed by atoms with Gasteiger partial charge in [0.15, 0.2) is 0 Å². The average Bonchev–Trinajstić information content (AvgIpc) is 2.52. The van der Waals surface area contributed by atoms with Gasteiger partial charge in [-0.3, -0.25) is 4.79 Å². The topological polar surface area (TPSA) is 83.8 Å². The summed E-state index contributed by atoms with van der Waals surface area (Å²) in [4.78, 5) is 24.3. The smallest absolute Gasteiger partial charge is 0.342 e. The maximum absolute atomic E-state index is 12.2. The first-order valence-electron chi connectivity index (χ1n) is 7.48. The molecule has 7 heteroatoms. The summed E-state index contributed by atoms with van der Waals surface area (Å²) in [6.07, 6.45) is 2.48. The second-order valence-electron chi connectivity index (χ2n) is 5.22. The molecule has 1 unspecified atom stereocenters. The summed E-state index contributed by atoms with van der Waals surface area (Å²) in [6, 6.07) is 0.941. The first-order valence-corrected chi connectivity index (χ1v) is 8.30. The number of ether oxygens (including phenoxy) is 1. The molecule has 0 radical (unpaired) electrons. The van der Waals surface area contributed by atoms with Crippen LogP contribution in [0.15, 0.2) is 18.7 Å². The highest BCUT2D eigenvalue weighted by Gasteiger charge is 2.25. The zero-order chi connectivity index (χ0) is 18.3. The van der Waals surface area contributed by atoms with E-state index >= 15 is 0 Å². The SMILES string of the molecule is C=CCCOC(=O)c1c(O)cc(O)c(Cl)c1CC(=O)CC(Cl)CC. The van der Waals surface area contributed by atoms with Crippen LogP contribution in [0.5, 0.6) is 11.5 Å². The van der Waals surface area contributed by atoms with Gasteiger partial charge in [-0.25, -0.2) is 4.79 Å².